The van der Waals surface area contributed by atoms with E-state index in [1.807, 2.05) is 24.1 Å². The number of aliphatic hydroxyl groups excluding tert-OH is 1. The van der Waals surface area contributed by atoms with Crippen molar-refractivity contribution in [2.75, 3.05) is 7.05 Å². The van der Waals surface area contributed by atoms with Gasteiger partial charge in [0, 0.05) is 23.9 Å². The first-order valence-corrected chi connectivity index (χ1v) is 10.7. The lowest BCUT2D eigenvalue weighted by atomic mass is 9.48. The van der Waals surface area contributed by atoms with Gasteiger partial charge >= 0.3 is 0 Å². The number of fused-ring (bicyclic) bond motifs is 5. The van der Waals surface area contributed by atoms with Crippen LogP contribution in [0.2, 0.25) is 0 Å². The number of rotatable bonds is 1. The fraction of sp³-hybridized carbons (Fsp3) is 0.625. The summed E-state index contributed by atoms with van der Waals surface area (Å²) < 4.78 is 5.51. The van der Waals surface area contributed by atoms with Crippen molar-refractivity contribution in [2.24, 2.45) is 28.6 Å². The van der Waals surface area contributed by atoms with Gasteiger partial charge in [0.05, 0.1) is 12.4 Å². The second-order valence-electron chi connectivity index (χ2n) is 10.0. The summed E-state index contributed by atoms with van der Waals surface area (Å²) in [6.07, 6.45) is 12.7. The van der Waals surface area contributed by atoms with E-state index in [4.69, 9.17) is 4.42 Å². The van der Waals surface area contributed by atoms with Gasteiger partial charge in [-0.3, -0.25) is 4.79 Å². The summed E-state index contributed by atoms with van der Waals surface area (Å²) in [5.74, 6) is 2.65. The monoisotopic (exact) mass is 381 g/mol. The molecule has 3 saturated carbocycles. The molecule has 1 aromatic rings. The van der Waals surface area contributed by atoms with Gasteiger partial charge in [0.2, 0.25) is 5.91 Å². The lowest BCUT2D eigenvalue weighted by Crippen LogP contribution is -2.59. The Bertz CT molecular complexity index is 840. The predicted octanol–water partition coefficient (Wildman–Crippen LogP) is 4.27. The van der Waals surface area contributed by atoms with Gasteiger partial charge < -0.3 is 14.4 Å². The standard InChI is InChI=1S/C24H31NO3/c1-23-11-9-21(26)25(3)20(23)7-6-17-18(23)8-10-24(2)19(17)14-15(22(24)27)13-16-5-4-12-28-16/h4-5,9,11-13,17-20,22,27H,6-8,10,14H2,1-3H3/t17-,18-,19+,20?,22?,23-,24+/m1/s1. The van der Waals surface area contributed by atoms with E-state index in [9.17, 15) is 9.90 Å². The van der Waals surface area contributed by atoms with Crippen LogP contribution in [0.5, 0.6) is 0 Å². The van der Waals surface area contributed by atoms with E-state index in [0.29, 0.717) is 23.8 Å². The molecule has 5 rings (SSSR count). The molecule has 7 atom stereocenters. The van der Waals surface area contributed by atoms with Crippen molar-refractivity contribution < 1.29 is 14.3 Å². The van der Waals surface area contributed by atoms with Gasteiger partial charge in [-0.2, -0.15) is 0 Å². The second-order valence-corrected chi connectivity index (χ2v) is 10.0. The topological polar surface area (TPSA) is 53.7 Å². The van der Waals surface area contributed by atoms with E-state index in [-0.39, 0.29) is 22.8 Å². The summed E-state index contributed by atoms with van der Waals surface area (Å²) in [6, 6.07) is 4.16. The quantitative estimate of drug-likeness (QED) is 0.790. The lowest BCUT2D eigenvalue weighted by Gasteiger charge is -2.59. The third-order valence-electron chi connectivity index (χ3n) is 8.87. The van der Waals surface area contributed by atoms with Crippen LogP contribution >= 0.6 is 0 Å². The van der Waals surface area contributed by atoms with Crippen molar-refractivity contribution in [3.8, 4) is 0 Å². The zero-order chi connectivity index (χ0) is 19.7. The summed E-state index contributed by atoms with van der Waals surface area (Å²) >= 11 is 0. The van der Waals surface area contributed by atoms with Crippen molar-refractivity contribution in [1.82, 2.24) is 4.90 Å². The van der Waals surface area contributed by atoms with E-state index in [1.165, 1.54) is 0 Å². The number of carbonyl (C=O) groups is 1. The van der Waals surface area contributed by atoms with Crippen LogP contribution in [0, 0.1) is 28.6 Å². The molecule has 2 heterocycles. The maximum Gasteiger partial charge on any atom is 0.246 e. The molecule has 2 unspecified atom stereocenters. The van der Waals surface area contributed by atoms with E-state index >= 15 is 0 Å². The Hall–Kier alpha value is -1.81. The number of aliphatic hydroxyl groups is 1. The highest BCUT2D eigenvalue weighted by atomic mass is 16.3. The molecule has 28 heavy (non-hydrogen) atoms. The number of nitrogens with zero attached hydrogens (tertiary/aromatic N) is 1. The molecule has 0 saturated heterocycles. The molecule has 3 fully saturated rings. The van der Waals surface area contributed by atoms with Crippen LogP contribution in [0.4, 0.5) is 0 Å². The van der Waals surface area contributed by atoms with Gasteiger partial charge in [0.1, 0.15) is 5.76 Å². The predicted molar refractivity (Wildman–Crippen MR) is 108 cm³/mol. The first-order valence-electron chi connectivity index (χ1n) is 10.7. The smallest absolute Gasteiger partial charge is 0.246 e. The summed E-state index contributed by atoms with van der Waals surface area (Å²) in [4.78, 5) is 14.2. The van der Waals surface area contributed by atoms with Crippen molar-refractivity contribution in [1.29, 1.82) is 0 Å². The molecule has 0 bridgehead atoms. The molecule has 1 N–H and O–H groups in total. The Labute approximate surface area is 167 Å². The van der Waals surface area contributed by atoms with Gasteiger partial charge in [-0.15, -0.1) is 0 Å². The third-order valence-corrected chi connectivity index (χ3v) is 8.87. The summed E-state index contributed by atoms with van der Waals surface area (Å²) in [7, 11) is 1.96. The van der Waals surface area contributed by atoms with E-state index in [2.05, 4.69) is 26.0 Å². The molecule has 4 heteroatoms. The number of likely N-dealkylation sites (N-methyl/N-ethyl adjacent to an activating group) is 1. The van der Waals surface area contributed by atoms with Crippen molar-refractivity contribution in [3.63, 3.8) is 0 Å². The van der Waals surface area contributed by atoms with Crippen molar-refractivity contribution in [3.05, 3.63) is 41.9 Å². The molecule has 150 valence electrons. The highest BCUT2D eigenvalue weighted by Crippen LogP contribution is 2.64. The van der Waals surface area contributed by atoms with E-state index in [0.717, 1.165) is 43.4 Å². The molecule has 4 aliphatic rings. The molecule has 3 aliphatic carbocycles. The van der Waals surface area contributed by atoms with Crippen LogP contribution in [0.15, 0.2) is 40.5 Å². The highest BCUT2D eigenvalue weighted by Gasteiger charge is 2.61. The maximum absolute atomic E-state index is 12.2. The molecule has 1 aromatic heterocycles. The van der Waals surface area contributed by atoms with Crippen LogP contribution in [-0.4, -0.2) is 35.1 Å². The molecular formula is C24H31NO3. The Morgan fingerprint density at radius 2 is 2.07 bits per heavy atom. The average Bonchev–Trinajstić information content (AvgIpc) is 3.27. The minimum Gasteiger partial charge on any atom is -0.465 e. The minimum atomic E-state index is -0.389. The Morgan fingerprint density at radius 1 is 1.25 bits per heavy atom. The van der Waals surface area contributed by atoms with Crippen LogP contribution in [-0.2, 0) is 4.79 Å². The molecule has 1 amide bonds. The summed E-state index contributed by atoms with van der Waals surface area (Å²) in [5, 5.41) is 11.2. The summed E-state index contributed by atoms with van der Waals surface area (Å²) in [6.45, 7) is 4.66. The fourth-order valence-electron chi connectivity index (χ4n) is 7.29. The number of carbonyl (C=O) groups excluding carboxylic acids is 1. The van der Waals surface area contributed by atoms with Crippen molar-refractivity contribution in [2.45, 2.75) is 58.1 Å². The zero-order valence-corrected chi connectivity index (χ0v) is 17.1. The highest BCUT2D eigenvalue weighted by molar-refractivity contribution is 5.89. The minimum absolute atomic E-state index is 0.0470. The molecule has 0 radical (unpaired) electrons. The molecule has 4 nitrogen and oxygen atoms in total. The fourth-order valence-corrected chi connectivity index (χ4v) is 7.29. The van der Waals surface area contributed by atoms with Crippen molar-refractivity contribution >= 4 is 12.0 Å². The SMILES string of the molecule is CN1C(=O)C=C[C@@]2(C)C1CC[C@@H]1[C@H]2CC[C@]2(C)C(O)C(=Cc3ccco3)C[C@@H]12. The molecule has 1 aliphatic heterocycles. The van der Waals surface area contributed by atoms with Gasteiger partial charge in [-0.05, 0) is 79.7 Å². The first-order chi connectivity index (χ1) is 13.3. The Balaban J connectivity index is 1.49. The number of hydrogen-bond acceptors (Lipinski definition) is 3. The van der Waals surface area contributed by atoms with E-state index in [1.54, 1.807) is 12.3 Å². The van der Waals surface area contributed by atoms with Gasteiger partial charge in [-0.25, -0.2) is 0 Å². The van der Waals surface area contributed by atoms with Gasteiger partial charge in [0.25, 0.3) is 0 Å². The number of furan rings is 1. The van der Waals surface area contributed by atoms with Crippen LogP contribution in [0.25, 0.3) is 6.08 Å². The Kier molecular flexibility index (Phi) is 3.97. The summed E-state index contributed by atoms with van der Waals surface area (Å²) in [5.41, 5.74) is 1.12. The number of amides is 1. The molecule has 0 spiro atoms. The number of hydrogen-bond donors (Lipinski definition) is 1. The maximum atomic E-state index is 12.2. The van der Waals surface area contributed by atoms with E-state index < -0.39 is 0 Å². The lowest BCUT2D eigenvalue weighted by molar-refractivity contribution is -0.140. The first kappa shape index (κ1) is 18.2. The van der Waals surface area contributed by atoms with Gasteiger partial charge in [-0.1, -0.05) is 19.9 Å². The largest absolute Gasteiger partial charge is 0.465 e. The second kappa shape index (κ2) is 6.09. The Morgan fingerprint density at radius 3 is 2.82 bits per heavy atom. The molecular weight excluding hydrogens is 350 g/mol. The zero-order valence-electron chi connectivity index (χ0n) is 17.1. The normalized spacial score (nSPS) is 46.4. The van der Waals surface area contributed by atoms with Gasteiger partial charge in [0.15, 0.2) is 0 Å². The average molecular weight is 382 g/mol. The third kappa shape index (κ3) is 2.36. The van der Waals surface area contributed by atoms with Crippen LogP contribution in [0.1, 0.15) is 51.7 Å². The van der Waals surface area contributed by atoms with Crippen LogP contribution < -0.4 is 0 Å². The van der Waals surface area contributed by atoms with Crippen LogP contribution in [0.3, 0.4) is 0 Å². The molecule has 0 aromatic carbocycles.